The van der Waals surface area contributed by atoms with Gasteiger partial charge in [0, 0.05) is 18.0 Å². The monoisotopic (exact) mass is 254 g/mol. The molecule has 1 N–H and O–H groups in total. The van der Waals surface area contributed by atoms with Gasteiger partial charge < -0.3 is 9.72 Å². The zero-order valence-electron chi connectivity index (χ0n) is 10.8. The lowest BCUT2D eigenvalue weighted by Crippen LogP contribution is -2.05. The maximum Gasteiger partial charge on any atom is 0.197 e. The van der Waals surface area contributed by atoms with Crippen LogP contribution in [0.2, 0.25) is 0 Å². The molecule has 3 rings (SSSR count). The molecule has 0 atom stereocenters. The summed E-state index contributed by atoms with van der Waals surface area (Å²) in [5.41, 5.74) is 2.30. The van der Waals surface area contributed by atoms with E-state index in [2.05, 4.69) is 19.9 Å². The van der Waals surface area contributed by atoms with E-state index in [1.165, 1.54) is 0 Å². The summed E-state index contributed by atoms with van der Waals surface area (Å²) in [5, 5.41) is 0. The van der Waals surface area contributed by atoms with Crippen LogP contribution in [0.3, 0.4) is 0 Å². The van der Waals surface area contributed by atoms with Crippen LogP contribution in [-0.4, -0.2) is 26.0 Å². The predicted molar refractivity (Wildman–Crippen MR) is 72.9 cm³/mol. The van der Waals surface area contributed by atoms with E-state index in [9.17, 15) is 0 Å². The minimum absolute atomic E-state index is 0.172. The molecule has 0 unspecified atom stereocenters. The summed E-state index contributed by atoms with van der Waals surface area (Å²) in [7, 11) is 0. The van der Waals surface area contributed by atoms with E-state index in [0.717, 1.165) is 17.1 Å². The first kappa shape index (κ1) is 11.6. The van der Waals surface area contributed by atoms with Crippen LogP contribution < -0.4 is 4.74 Å². The number of hydrogen-bond donors (Lipinski definition) is 1. The summed E-state index contributed by atoms with van der Waals surface area (Å²) in [5.74, 6) is 1.61. The topological polar surface area (TPSA) is 63.7 Å². The molecule has 3 aromatic rings. The van der Waals surface area contributed by atoms with E-state index < -0.39 is 0 Å². The summed E-state index contributed by atoms with van der Waals surface area (Å²) in [6, 6.07) is 7.80. The molecular formula is C14H14N4O. The van der Waals surface area contributed by atoms with Gasteiger partial charge >= 0.3 is 0 Å². The van der Waals surface area contributed by atoms with Crippen molar-refractivity contribution in [3.63, 3.8) is 0 Å². The lowest BCUT2D eigenvalue weighted by atomic mass is 10.2. The highest BCUT2D eigenvalue weighted by Gasteiger charge is 2.06. The van der Waals surface area contributed by atoms with Crippen molar-refractivity contribution in [2.24, 2.45) is 0 Å². The molecule has 2 aromatic heterocycles. The number of aromatic nitrogens is 4. The number of aromatic amines is 1. The fraction of sp³-hybridized carbons (Fsp3) is 0.214. The highest BCUT2D eigenvalue weighted by Crippen LogP contribution is 2.21. The van der Waals surface area contributed by atoms with Crippen molar-refractivity contribution in [1.82, 2.24) is 19.9 Å². The van der Waals surface area contributed by atoms with E-state index in [1.54, 1.807) is 12.4 Å². The largest absolute Gasteiger partial charge is 0.491 e. The molecule has 0 radical (unpaired) electrons. The number of hydrogen-bond acceptors (Lipinski definition) is 4. The number of ether oxygens (including phenoxy) is 1. The van der Waals surface area contributed by atoms with Crippen LogP contribution in [-0.2, 0) is 0 Å². The van der Waals surface area contributed by atoms with Crippen LogP contribution in [0.5, 0.6) is 5.75 Å². The van der Waals surface area contributed by atoms with Crippen LogP contribution in [0, 0.1) is 0 Å². The second kappa shape index (κ2) is 4.68. The van der Waals surface area contributed by atoms with E-state index >= 15 is 0 Å². The predicted octanol–water partition coefficient (Wildman–Crippen LogP) is 2.81. The van der Waals surface area contributed by atoms with Crippen LogP contribution in [0.15, 0.2) is 36.7 Å². The smallest absolute Gasteiger partial charge is 0.197 e. The van der Waals surface area contributed by atoms with E-state index in [4.69, 9.17) is 4.74 Å². The molecule has 0 aliphatic carbocycles. The Balaban J connectivity index is 1.93. The Kier molecular flexibility index (Phi) is 2.87. The Morgan fingerprint density at radius 2 is 1.79 bits per heavy atom. The van der Waals surface area contributed by atoms with Crippen LogP contribution in [0.1, 0.15) is 13.8 Å². The normalized spacial score (nSPS) is 11.1. The third-order valence-electron chi connectivity index (χ3n) is 2.63. The van der Waals surface area contributed by atoms with Gasteiger partial charge in [-0.05, 0) is 38.1 Å². The zero-order valence-corrected chi connectivity index (χ0v) is 10.8. The van der Waals surface area contributed by atoms with Crippen LogP contribution in [0.25, 0.3) is 22.7 Å². The molecule has 0 spiro atoms. The van der Waals surface area contributed by atoms with Gasteiger partial charge in [0.2, 0.25) is 0 Å². The van der Waals surface area contributed by atoms with Crippen molar-refractivity contribution in [2.75, 3.05) is 0 Å². The van der Waals surface area contributed by atoms with Crippen LogP contribution in [0.4, 0.5) is 0 Å². The average Bonchev–Trinajstić information content (AvgIpc) is 2.82. The maximum atomic E-state index is 5.61. The molecule has 2 heterocycles. The number of nitrogens with zero attached hydrogens (tertiary/aromatic N) is 3. The van der Waals surface area contributed by atoms with E-state index in [0.29, 0.717) is 11.3 Å². The summed E-state index contributed by atoms with van der Waals surface area (Å²) in [6.45, 7) is 4.01. The molecule has 0 fully saturated rings. The Morgan fingerprint density at radius 1 is 1.05 bits per heavy atom. The second-order valence-electron chi connectivity index (χ2n) is 4.50. The van der Waals surface area contributed by atoms with Crippen molar-refractivity contribution in [1.29, 1.82) is 0 Å². The molecule has 1 aromatic carbocycles. The third-order valence-corrected chi connectivity index (χ3v) is 2.63. The summed E-state index contributed by atoms with van der Waals surface area (Å²) >= 11 is 0. The molecule has 5 nitrogen and oxygen atoms in total. The number of fused-ring (bicyclic) bond motifs is 1. The number of nitrogens with one attached hydrogen (secondary N) is 1. The molecule has 5 heteroatoms. The van der Waals surface area contributed by atoms with Crippen molar-refractivity contribution >= 4 is 11.3 Å². The SMILES string of the molecule is CC(C)Oc1ccc(-c2nc3nccnc3[nH]2)cc1. The maximum absolute atomic E-state index is 5.61. The first-order valence-electron chi connectivity index (χ1n) is 6.16. The molecule has 96 valence electrons. The van der Waals surface area contributed by atoms with Gasteiger partial charge in [-0.3, -0.25) is 0 Å². The molecule has 0 saturated carbocycles. The lowest BCUT2D eigenvalue weighted by Gasteiger charge is -2.09. The highest BCUT2D eigenvalue weighted by atomic mass is 16.5. The van der Waals surface area contributed by atoms with Crippen molar-refractivity contribution in [3.05, 3.63) is 36.7 Å². The van der Waals surface area contributed by atoms with E-state index in [1.807, 2.05) is 38.1 Å². The Bertz CT molecular complexity index is 655. The Morgan fingerprint density at radius 3 is 2.47 bits per heavy atom. The second-order valence-corrected chi connectivity index (χ2v) is 4.50. The molecule has 0 saturated heterocycles. The standard InChI is InChI=1S/C14H14N4O/c1-9(2)19-11-5-3-10(4-6-11)12-17-13-14(18-12)16-8-7-15-13/h3-9H,1-2H3,(H,15,16,17,18). The molecule has 0 amide bonds. The van der Waals surface area contributed by atoms with Gasteiger partial charge in [0.25, 0.3) is 0 Å². The van der Waals surface area contributed by atoms with E-state index in [-0.39, 0.29) is 6.10 Å². The van der Waals surface area contributed by atoms with Crippen LogP contribution >= 0.6 is 0 Å². The zero-order chi connectivity index (χ0) is 13.2. The molecular weight excluding hydrogens is 240 g/mol. The van der Waals surface area contributed by atoms with Gasteiger partial charge in [0.15, 0.2) is 11.3 Å². The average molecular weight is 254 g/mol. The molecule has 0 aliphatic heterocycles. The summed E-state index contributed by atoms with van der Waals surface area (Å²) in [6.07, 6.45) is 3.45. The van der Waals surface area contributed by atoms with Gasteiger partial charge in [-0.15, -0.1) is 0 Å². The van der Waals surface area contributed by atoms with Crippen molar-refractivity contribution < 1.29 is 4.74 Å². The summed E-state index contributed by atoms with van der Waals surface area (Å²) in [4.78, 5) is 15.9. The number of rotatable bonds is 3. The lowest BCUT2D eigenvalue weighted by molar-refractivity contribution is 0.242. The van der Waals surface area contributed by atoms with Gasteiger partial charge in [-0.25, -0.2) is 15.0 Å². The first-order valence-corrected chi connectivity index (χ1v) is 6.16. The molecule has 19 heavy (non-hydrogen) atoms. The first-order chi connectivity index (χ1) is 9.22. The van der Waals surface area contributed by atoms with Crippen molar-refractivity contribution in [2.45, 2.75) is 20.0 Å². The van der Waals surface area contributed by atoms with Gasteiger partial charge in [0.1, 0.15) is 11.6 Å². The molecule has 0 bridgehead atoms. The molecule has 0 aliphatic rings. The number of H-pyrrole nitrogens is 1. The Labute approximate surface area is 110 Å². The minimum atomic E-state index is 0.172. The van der Waals surface area contributed by atoms with Gasteiger partial charge in [0.05, 0.1) is 6.10 Å². The van der Waals surface area contributed by atoms with Gasteiger partial charge in [-0.2, -0.15) is 0 Å². The fourth-order valence-corrected chi connectivity index (χ4v) is 1.85. The highest BCUT2D eigenvalue weighted by molar-refractivity contribution is 5.71. The fourth-order valence-electron chi connectivity index (χ4n) is 1.85. The third kappa shape index (κ3) is 2.40. The quantitative estimate of drug-likeness (QED) is 0.780. The summed E-state index contributed by atoms with van der Waals surface area (Å²) < 4.78 is 5.61. The number of imidazole rings is 1. The van der Waals surface area contributed by atoms with Crippen molar-refractivity contribution in [3.8, 4) is 17.1 Å². The Hall–Kier alpha value is -2.43. The number of benzene rings is 1. The van der Waals surface area contributed by atoms with Gasteiger partial charge in [-0.1, -0.05) is 0 Å². The minimum Gasteiger partial charge on any atom is -0.491 e.